The predicted octanol–water partition coefficient (Wildman–Crippen LogP) is 2.69. The van der Waals surface area contributed by atoms with Crippen LogP contribution in [0.4, 0.5) is 5.69 Å². The van der Waals surface area contributed by atoms with Crippen molar-refractivity contribution in [3.8, 4) is 11.5 Å². The molecule has 150 valence electrons. The third-order valence-corrected chi connectivity index (χ3v) is 4.60. The number of carbonyl (C=O) groups is 2. The number of rotatable bonds is 10. The molecule has 0 aliphatic rings. The van der Waals surface area contributed by atoms with E-state index in [1.807, 2.05) is 6.92 Å². The first-order chi connectivity index (χ1) is 13.4. The summed E-state index contributed by atoms with van der Waals surface area (Å²) >= 11 is 0. The lowest BCUT2D eigenvalue weighted by atomic mass is 10.1. The van der Waals surface area contributed by atoms with Gasteiger partial charge >= 0.3 is 5.97 Å². The van der Waals surface area contributed by atoms with E-state index in [4.69, 9.17) is 14.6 Å². The molecule has 0 aliphatic heterocycles. The maximum atomic E-state index is 12.2. The Labute approximate surface area is 163 Å². The number of carbonyl (C=O) groups excluding carboxylic acids is 2. The Morgan fingerprint density at radius 2 is 1.93 bits per heavy atom. The minimum atomic E-state index is -4.23. The Bertz CT molecular complexity index is 929. The molecule has 2 rings (SSSR count). The number of hydrogen-bond donors (Lipinski definition) is 2. The summed E-state index contributed by atoms with van der Waals surface area (Å²) in [6.07, 6.45) is 2.14. The summed E-state index contributed by atoms with van der Waals surface area (Å²) in [5.41, 5.74) is 0.215. The number of nitrogens with two attached hydrogens (primary N) is 1. The molecule has 0 bridgehead atoms. The van der Waals surface area contributed by atoms with E-state index < -0.39 is 22.6 Å². The van der Waals surface area contributed by atoms with E-state index in [0.29, 0.717) is 18.6 Å². The summed E-state index contributed by atoms with van der Waals surface area (Å²) in [5.74, 6) is -0.458. The van der Waals surface area contributed by atoms with Gasteiger partial charge in [-0.2, -0.15) is 0 Å². The summed E-state index contributed by atoms with van der Waals surface area (Å²) < 4.78 is 34.9. The smallest absolute Gasteiger partial charge is 0.338 e. The van der Waals surface area contributed by atoms with Gasteiger partial charge in [0.1, 0.15) is 17.3 Å². The first-order valence-electron chi connectivity index (χ1n) is 8.65. The van der Waals surface area contributed by atoms with Crippen molar-refractivity contribution in [1.82, 2.24) is 0 Å². The van der Waals surface area contributed by atoms with E-state index in [0.717, 1.165) is 18.9 Å². The van der Waals surface area contributed by atoms with Gasteiger partial charge in [-0.05, 0) is 30.7 Å². The topological polar surface area (TPSA) is 125 Å². The van der Waals surface area contributed by atoms with Crippen LogP contribution in [0.25, 0.3) is 0 Å². The SMILES string of the molecule is CCCCNc1cc(C(=O)OCC=O)cc(S(N)(=O)=O)c1Oc1ccccc1. The maximum Gasteiger partial charge on any atom is 0.338 e. The van der Waals surface area contributed by atoms with Gasteiger partial charge in [0.05, 0.1) is 11.3 Å². The van der Waals surface area contributed by atoms with E-state index in [1.54, 1.807) is 30.3 Å². The Morgan fingerprint density at radius 1 is 1.21 bits per heavy atom. The fourth-order valence-corrected chi connectivity index (χ4v) is 3.07. The van der Waals surface area contributed by atoms with Crippen LogP contribution in [0.15, 0.2) is 47.4 Å². The highest BCUT2D eigenvalue weighted by Gasteiger charge is 2.24. The number of hydrogen-bond acceptors (Lipinski definition) is 7. The maximum absolute atomic E-state index is 12.2. The van der Waals surface area contributed by atoms with Gasteiger partial charge in [-0.25, -0.2) is 18.4 Å². The Balaban J connectivity index is 2.57. The molecule has 0 aromatic heterocycles. The van der Waals surface area contributed by atoms with E-state index in [9.17, 15) is 18.0 Å². The normalized spacial score (nSPS) is 10.9. The number of aldehydes is 1. The summed E-state index contributed by atoms with van der Waals surface area (Å²) in [5, 5.41) is 8.44. The lowest BCUT2D eigenvalue weighted by molar-refractivity contribution is -0.110. The summed E-state index contributed by atoms with van der Waals surface area (Å²) in [6, 6.07) is 11.1. The Morgan fingerprint density at radius 3 is 2.54 bits per heavy atom. The van der Waals surface area contributed by atoms with Gasteiger partial charge in [0.15, 0.2) is 12.0 Å². The van der Waals surface area contributed by atoms with Gasteiger partial charge in [-0.3, -0.25) is 4.79 Å². The van der Waals surface area contributed by atoms with Gasteiger partial charge in [-0.15, -0.1) is 0 Å². The van der Waals surface area contributed by atoms with Crippen LogP contribution in [-0.2, 0) is 19.6 Å². The van der Waals surface area contributed by atoms with Crippen molar-refractivity contribution in [3.05, 3.63) is 48.0 Å². The highest BCUT2D eigenvalue weighted by Crippen LogP contribution is 2.37. The zero-order chi connectivity index (χ0) is 20.6. The van der Waals surface area contributed by atoms with Gasteiger partial charge in [0, 0.05) is 6.54 Å². The number of anilines is 1. The predicted molar refractivity (Wildman–Crippen MR) is 104 cm³/mol. The molecule has 0 saturated heterocycles. The zero-order valence-corrected chi connectivity index (χ0v) is 16.2. The number of benzene rings is 2. The second-order valence-electron chi connectivity index (χ2n) is 5.86. The molecule has 0 radical (unpaired) electrons. The van der Waals surface area contributed by atoms with E-state index in [-0.39, 0.29) is 21.9 Å². The van der Waals surface area contributed by atoms with Gasteiger partial charge in [-0.1, -0.05) is 31.5 Å². The van der Waals surface area contributed by atoms with Crippen LogP contribution in [0.3, 0.4) is 0 Å². The largest absolute Gasteiger partial charge is 0.454 e. The van der Waals surface area contributed by atoms with E-state index >= 15 is 0 Å². The molecule has 28 heavy (non-hydrogen) atoms. The van der Waals surface area contributed by atoms with Crippen molar-refractivity contribution in [3.63, 3.8) is 0 Å². The Hall–Kier alpha value is -2.91. The zero-order valence-electron chi connectivity index (χ0n) is 15.4. The van der Waals surface area contributed by atoms with Crippen molar-refractivity contribution in [1.29, 1.82) is 0 Å². The molecular formula is C19H22N2O6S. The number of sulfonamides is 1. The monoisotopic (exact) mass is 406 g/mol. The molecule has 0 atom stereocenters. The van der Waals surface area contributed by atoms with Crippen LogP contribution in [-0.4, -0.2) is 33.8 Å². The number of nitrogens with one attached hydrogen (secondary N) is 1. The molecule has 0 amide bonds. The molecule has 0 aliphatic carbocycles. The van der Waals surface area contributed by atoms with Crippen LogP contribution in [0.5, 0.6) is 11.5 Å². The minimum Gasteiger partial charge on any atom is -0.454 e. The van der Waals surface area contributed by atoms with E-state index in [1.165, 1.54) is 6.07 Å². The molecular weight excluding hydrogens is 384 g/mol. The number of primary sulfonamides is 1. The van der Waals surface area contributed by atoms with Gasteiger partial charge in [0.25, 0.3) is 0 Å². The molecule has 0 heterocycles. The lowest BCUT2D eigenvalue weighted by Gasteiger charge is -2.17. The first kappa shape index (κ1) is 21.4. The second kappa shape index (κ2) is 9.86. The van der Waals surface area contributed by atoms with Crippen LogP contribution >= 0.6 is 0 Å². The number of esters is 1. The summed E-state index contributed by atoms with van der Waals surface area (Å²) in [4.78, 5) is 22.2. The molecule has 2 aromatic rings. The summed E-state index contributed by atoms with van der Waals surface area (Å²) in [7, 11) is -4.23. The number of ether oxygens (including phenoxy) is 2. The minimum absolute atomic E-state index is 0.0169. The molecule has 8 nitrogen and oxygen atoms in total. The number of unbranched alkanes of at least 4 members (excludes halogenated alkanes) is 1. The first-order valence-corrected chi connectivity index (χ1v) is 10.2. The van der Waals surface area contributed by atoms with Crippen LogP contribution in [0.1, 0.15) is 30.1 Å². The second-order valence-corrected chi connectivity index (χ2v) is 7.39. The van der Waals surface area contributed by atoms with E-state index in [2.05, 4.69) is 5.32 Å². The third kappa shape index (κ3) is 5.80. The average Bonchev–Trinajstić information content (AvgIpc) is 2.67. The molecule has 0 spiro atoms. The number of para-hydroxylation sites is 1. The van der Waals surface area contributed by atoms with Crippen molar-refractivity contribution in [2.45, 2.75) is 24.7 Å². The van der Waals surface area contributed by atoms with Crippen LogP contribution in [0.2, 0.25) is 0 Å². The molecule has 0 fully saturated rings. The van der Waals surface area contributed by atoms with Crippen molar-refractivity contribution >= 4 is 28.0 Å². The third-order valence-electron chi connectivity index (χ3n) is 3.69. The van der Waals surface area contributed by atoms with Crippen LogP contribution in [0, 0.1) is 0 Å². The molecule has 2 aromatic carbocycles. The fourth-order valence-electron chi connectivity index (χ4n) is 2.37. The van der Waals surface area contributed by atoms with Crippen LogP contribution < -0.4 is 15.2 Å². The molecule has 9 heteroatoms. The Kier molecular flexibility index (Phi) is 7.53. The average molecular weight is 406 g/mol. The fraction of sp³-hybridized carbons (Fsp3) is 0.263. The van der Waals surface area contributed by atoms with Crippen molar-refractivity contribution in [2.75, 3.05) is 18.5 Å². The van der Waals surface area contributed by atoms with Gasteiger partial charge in [0.2, 0.25) is 10.0 Å². The molecule has 0 unspecified atom stereocenters. The van der Waals surface area contributed by atoms with Crippen molar-refractivity contribution < 1.29 is 27.5 Å². The lowest BCUT2D eigenvalue weighted by Crippen LogP contribution is -2.17. The quantitative estimate of drug-likeness (QED) is 0.353. The standard InChI is InChI=1S/C19H22N2O6S/c1-2-3-9-21-16-12-14(19(23)26-11-10-22)13-17(28(20,24)25)18(16)27-15-7-5-4-6-8-15/h4-8,10,12-13,21H,2-3,9,11H2,1H3,(H2,20,24,25). The molecule has 0 saturated carbocycles. The van der Waals surface area contributed by atoms with Crippen molar-refractivity contribution in [2.24, 2.45) is 5.14 Å². The highest BCUT2D eigenvalue weighted by molar-refractivity contribution is 7.89. The molecule has 3 N–H and O–H groups in total. The highest BCUT2D eigenvalue weighted by atomic mass is 32.2. The summed E-state index contributed by atoms with van der Waals surface area (Å²) in [6.45, 7) is 2.09. The van der Waals surface area contributed by atoms with Gasteiger partial charge < -0.3 is 14.8 Å².